The SMILES string of the molecule is CCOC(=O)c1c(Br)c(COc2cccc(OCc3ccccc3)c2)nn1C. The van der Waals surface area contributed by atoms with Gasteiger partial charge in [0.05, 0.1) is 11.1 Å². The quantitative estimate of drug-likeness (QED) is 0.478. The smallest absolute Gasteiger partial charge is 0.357 e. The molecule has 0 fully saturated rings. The van der Waals surface area contributed by atoms with E-state index in [2.05, 4.69) is 21.0 Å². The molecule has 0 radical (unpaired) electrons. The van der Waals surface area contributed by atoms with Crippen LogP contribution < -0.4 is 9.47 Å². The van der Waals surface area contributed by atoms with E-state index in [1.165, 1.54) is 4.68 Å². The molecule has 0 aliphatic carbocycles. The van der Waals surface area contributed by atoms with Crippen molar-refractivity contribution < 1.29 is 19.0 Å². The van der Waals surface area contributed by atoms with Crippen molar-refractivity contribution >= 4 is 21.9 Å². The van der Waals surface area contributed by atoms with Gasteiger partial charge in [-0.1, -0.05) is 36.4 Å². The second kappa shape index (κ2) is 9.41. The standard InChI is InChI=1S/C21H21BrN2O4/c1-3-26-21(25)20-19(22)18(23-24(20)2)14-28-17-11-7-10-16(12-17)27-13-15-8-5-4-6-9-15/h4-12H,3,13-14H2,1-2H3. The van der Waals surface area contributed by atoms with Crippen LogP contribution in [0.15, 0.2) is 59.1 Å². The maximum absolute atomic E-state index is 12.0. The summed E-state index contributed by atoms with van der Waals surface area (Å²) in [7, 11) is 1.69. The molecule has 0 unspecified atom stereocenters. The van der Waals surface area contributed by atoms with Gasteiger partial charge in [-0.2, -0.15) is 5.10 Å². The summed E-state index contributed by atoms with van der Waals surface area (Å²) in [6.07, 6.45) is 0. The third kappa shape index (κ3) is 4.92. The van der Waals surface area contributed by atoms with Crippen LogP contribution in [0.25, 0.3) is 0 Å². The van der Waals surface area contributed by atoms with E-state index in [1.54, 1.807) is 14.0 Å². The molecule has 0 saturated heterocycles. The molecule has 0 amide bonds. The van der Waals surface area contributed by atoms with Gasteiger partial charge in [0.2, 0.25) is 0 Å². The van der Waals surface area contributed by atoms with Gasteiger partial charge in [-0.15, -0.1) is 0 Å². The van der Waals surface area contributed by atoms with Crippen LogP contribution in [0.4, 0.5) is 0 Å². The number of aryl methyl sites for hydroxylation is 1. The third-order valence-corrected chi connectivity index (χ3v) is 4.79. The molecule has 0 bridgehead atoms. The molecular formula is C21H21BrN2O4. The van der Waals surface area contributed by atoms with E-state index in [4.69, 9.17) is 14.2 Å². The molecule has 0 atom stereocenters. The van der Waals surface area contributed by atoms with Crippen LogP contribution in [0.5, 0.6) is 11.5 Å². The summed E-state index contributed by atoms with van der Waals surface area (Å²) in [5, 5.41) is 4.34. The van der Waals surface area contributed by atoms with E-state index in [0.29, 0.717) is 40.6 Å². The Morgan fingerprint density at radius 1 is 1.04 bits per heavy atom. The van der Waals surface area contributed by atoms with Gasteiger partial charge in [0.15, 0.2) is 5.69 Å². The summed E-state index contributed by atoms with van der Waals surface area (Å²) in [4.78, 5) is 12.0. The Hall–Kier alpha value is -2.80. The van der Waals surface area contributed by atoms with E-state index in [1.807, 2.05) is 54.6 Å². The average molecular weight is 445 g/mol. The first-order chi connectivity index (χ1) is 13.6. The molecular weight excluding hydrogens is 424 g/mol. The first-order valence-corrected chi connectivity index (χ1v) is 9.66. The van der Waals surface area contributed by atoms with E-state index < -0.39 is 5.97 Å². The number of esters is 1. The number of aromatic nitrogens is 2. The molecule has 7 heteroatoms. The number of ether oxygens (including phenoxy) is 3. The van der Waals surface area contributed by atoms with Gasteiger partial charge < -0.3 is 14.2 Å². The highest BCUT2D eigenvalue weighted by Crippen LogP contribution is 2.25. The van der Waals surface area contributed by atoms with Crippen molar-refractivity contribution in [1.82, 2.24) is 9.78 Å². The lowest BCUT2D eigenvalue weighted by atomic mass is 10.2. The summed E-state index contributed by atoms with van der Waals surface area (Å²) in [5.41, 5.74) is 2.07. The zero-order valence-electron chi connectivity index (χ0n) is 15.7. The van der Waals surface area contributed by atoms with Crippen LogP contribution in [0, 0.1) is 0 Å². The Morgan fingerprint density at radius 3 is 2.39 bits per heavy atom. The van der Waals surface area contributed by atoms with E-state index in [-0.39, 0.29) is 6.61 Å². The highest BCUT2D eigenvalue weighted by Gasteiger charge is 2.21. The molecule has 28 heavy (non-hydrogen) atoms. The highest BCUT2D eigenvalue weighted by molar-refractivity contribution is 9.10. The lowest BCUT2D eigenvalue weighted by molar-refractivity contribution is 0.0512. The van der Waals surface area contributed by atoms with Crippen molar-refractivity contribution in [1.29, 1.82) is 0 Å². The molecule has 1 aromatic heterocycles. The minimum absolute atomic E-state index is 0.204. The molecule has 3 rings (SSSR count). The number of benzene rings is 2. The fourth-order valence-electron chi connectivity index (χ4n) is 2.61. The summed E-state index contributed by atoms with van der Waals surface area (Å²) >= 11 is 3.42. The van der Waals surface area contributed by atoms with Crippen molar-refractivity contribution in [2.75, 3.05) is 6.61 Å². The van der Waals surface area contributed by atoms with Gasteiger partial charge in [-0.3, -0.25) is 4.68 Å². The molecule has 3 aromatic rings. The Balaban J connectivity index is 1.63. The fraction of sp³-hybridized carbons (Fsp3) is 0.238. The van der Waals surface area contributed by atoms with Crippen LogP contribution in [0.1, 0.15) is 28.7 Å². The van der Waals surface area contributed by atoms with E-state index in [0.717, 1.165) is 5.56 Å². The first-order valence-electron chi connectivity index (χ1n) is 8.86. The van der Waals surface area contributed by atoms with Crippen molar-refractivity contribution in [2.45, 2.75) is 20.1 Å². The number of halogens is 1. The lowest BCUT2D eigenvalue weighted by Gasteiger charge is -2.09. The minimum atomic E-state index is -0.424. The predicted molar refractivity (Wildman–Crippen MR) is 108 cm³/mol. The minimum Gasteiger partial charge on any atom is -0.489 e. The van der Waals surface area contributed by atoms with Gasteiger partial charge in [0.25, 0.3) is 0 Å². The van der Waals surface area contributed by atoms with Crippen molar-refractivity contribution in [3.8, 4) is 11.5 Å². The number of rotatable bonds is 8. The van der Waals surface area contributed by atoms with Gasteiger partial charge in [-0.25, -0.2) is 4.79 Å². The van der Waals surface area contributed by atoms with E-state index in [9.17, 15) is 4.79 Å². The molecule has 1 heterocycles. The third-order valence-electron chi connectivity index (χ3n) is 3.95. The normalized spacial score (nSPS) is 10.5. The second-order valence-electron chi connectivity index (χ2n) is 5.99. The fourth-order valence-corrected chi connectivity index (χ4v) is 3.23. The summed E-state index contributed by atoms with van der Waals surface area (Å²) in [6.45, 7) is 2.76. The predicted octanol–water partition coefficient (Wildman–Crippen LogP) is 4.52. The van der Waals surface area contributed by atoms with Crippen LogP contribution in [-0.4, -0.2) is 22.4 Å². The maximum Gasteiger partial charge on any atom is 0.357 e. The van der Waals surface area contributed by atoms with Gasteiger partial charge in [0.1, 0.15) is 30.4 Å². The van der Waals surface area contributed by atoms with Gasteiger partial charge in [-0.05, 0) is 40.5 Å². The lowest BCUT2D eigenvalue weighted by Crippen LogP contribution is -2.10. The zero-order chi connectivity index (χ0) is 19.9. The molecule has 2 aromatic carbocycles. The molecule has 0 saturated carbocycles. The number of hydrogen-bond acceptors (Lipinski definition) is 5. The van der Waals surface area contributed by atoms with Crippen molar-refractivity contribution in [3.05, 3.63) is 76.0 Å². The summed E-state index contributed by atoms with van der Waals surface area (Å²) in [5.74, 6) is 0.946. The van der Waals surface area contributed by atoms with Crippen molar-refractivity contribution in [3.63, 3.8) is 0 Å². The average Bonchev–Trinajstić information content (AvgIpc) is 2.99. The van der Waals surface area contributed by atoms with Crippen LogP contribution in [-0.2, 0) is 25.0 Å². The van der Waals surface area contributed by atoms with Crippen LogP contribution >= 0.6 is 15.9 Å². The zero-order valence-corrected chi connectivity index (χ0v) is 17.3. The van der Waals surface area contributed by atoms with Crippen LogP contribution in [0.2, 0.25) is 0 Å². The maximum atomic E-state index is 12.0. The summed E-state index contributed by atoms with van der Waals surface area (Å²) < 4.78 is 18.8. The number of nitrogens with zero attached hydrogens (tertiary/aromatic N) is 2. The van der Waals surface area contributed by atoms with Gasteiger partial charge in [0, 0.05) is 13.1 Å². The molecule has 0 N–H and O–H groups in total. The topological polar surface area (TPSA) is 62.6 Å². The van der Waals surface area contributed by atoms with Crippen molar-refractivity contribution in [2.24, 2.45) is 7.05 Å². The Bertz CT molecular complexity index is 941. The molecule has 0 aliphatic rings. The molecule has 0 aliphatic heterocycles. The Morgan fingerprint density at radius 2 is 1.71 bits per heavy atom. The number of hydrogen-bond donors (Lipinski definition) is 0. The van der Waals surface area contributed by atoms with Crippen LogP contribution in [0.3, 0.4) is 0 Å². The number of carbonyl (C=O) groups is 1. The Kier molecular flexibility index (Phi) is 6.71. The Labute approximate surface area is 172 Å². The molecule has 0 spiro atoms. The number of carbonyl (C=O) groups excluding carboxylic acids is 1. The summed E-state index contributed by atoms with van der Waals surface area (Å²) in [6, 6.07) is 17.4. The molecule has 6 nitrogen and oxygen atoms in total. The first kappa shape index (κ1) is 19.9. The molecule has 146 valence electrons. The second-order valence-corrected chi connectivity index (χ2v) is 6.78. The van der Waals surface area contributed by atoms with Gasteiger partial charge >= 0.3 is 5.97 Å². The highest BCUT2D eigenvalue weighted by atomic mass is 79.9. The largest absolute Gasteiger partial charge is 0.489 e. The van der Waals surface area contributed by atoms with E-state index >= 15 is 0 Å². The monoisotopic (exact) mass is 444 g/mol.